The molecular weight excluding hydrogens is 296 g/mol. The molecule has 5 heteroatoms. The van der Waals surface area contributed by atoms with Gasteiger partial charge in [0.15, 0.2) is 0 Å². The zero-order chi connectivity index (χ0) is 14.8. The van der Waals surface area contributed by atoms with Crippen molar-refractivity contribution in [3.05, 3.63) is 46.8 Å². The van der Waals surface area contributed by atoms with E-state index in [0.29, 0.717) is 11.9 Å². The van der Waals surface area contributed by atoms with Crippen LogP contribution in [-0.2, 0) is 11.3 Å². The second-order valence-electron chi connectivity index (χ2n) is 5.85. The van der Waals surface area contributed by atoms with Crippen LogP contribution in [0.15, 0.2) is 41.9 Å². The Bertz CT molecular complexity index is 590. The molecule has 0 N–H and O–H groups in total. The quantitative estimate of drug-likeness (QED) is 0.868. The minimum Gasteiger partial charge on any atom is -0.472 e. The van der Waals surface area contributed by atoms with Gasteiger partial charge >= 0.3 is 0 Å². The fourth-order valence-electron chi connectivity index (χ4n) is 3.49. The fourth-order valence-corrected chi connectivity index (χ4v) is 4.22. The molecule has 2 aromatic heterocycles. The molecule has 3 atom stereocenters. The Morgan fingerprint density at radius 3 is 3.09 bits per heavy atom. The molecule has 22 heavy (non-hydrogen) atoms. The highest BCUT2D eigenvalue weighted by molar-refractivity contribution is 7.09. The van der Waals surface area contributed by atoms with Gasteiger partial charge in [-0.05, 0) is 30.4 Å². The summed E-state index contributed by atoms with van der Waals surface area (Å²) in [6.45, 7) is 2.82. The van der Waals surface area contributed by atoms with E-state index in [1.165, 1.54) is 4.88 Å². The summed E-state index contributed by atoms with van der Waals surface area (Å²) >= 11 is 1.83. The summed E-state index contributed by atoms with van der Waals surface area (Å²) in [7, 11) is 0. The van der Waals surface area contributed by atoms with Gasteiger partial charge in [-0.15, -0.1) is 11.3 Å². The van der Waals surface area contributed by atoms with Crippen LogP contribution in [0.4, 0.5) is 0 Å². The molecule has 0 radical (unpaired) electrons. The maximum atomic E-state index is 6.07. The zero-order valence-electron chi connectivity index (χ0n) is 12.4. The Hall–Kier alpha value is -1.43. The third kappa shape index (κ3) is 2.89. The number of hydrogen-bond acceptors (Lipinski definition) is 5. The molecule has 2 fully saturated rings. The van der Waals surface area contributed by atoms with E-state index >= 15 is 0 Å². The molecule has 0 amide bonds. The summed E-state index contributed by atoms with van der Waals surface area (Å²) in [4.78, 5) is 8.25. The maximum Gasteiger partial charge on any atom is 0.213 e. The summed E-state index contributed by atoms with van der Waals surface area (Å²) in [5.41, 5.74) is 0. The first-order chi connectivity index (χ1) is 10.9. The first kappa shape index (κ1) is 14.2. The van der Waals surface area contributed by atoms with Crippen LogP contribution in [0.1, 0.15) is 17.7 Å². The number of nitrogens with zero attached hydrogens (tertiary/aromatic N) is 2. The van der Waals surface area contributed by atoms with Crippen molar-refractivity contribution in [1.29, 1.82) is 0 Å². The summed E-state index contributed by atoms with van der Waals surface area (Å²) in [6, 6.07) is 10.6. The van der Waals surface area contributed by atoms with Crippen molar-refractivity contribution >= 4 is 11.3 Å². The lowest BCUT2D eigenvalue weighted by Crippen LogP contribution is -2.51. The number of fused-ring (bicyclic) bond motifs is 1. The average molecular weight is 316 g/mol. The van der Waals surface area contributed by atoms with Gasteiger partial charge in [0, 0.05) is 36.3 Å². The van der Waals surface area contributed by atoms with Gasteiger partial charge in [0.25, 0.3) is 0 Å². The minimum absolute atomic E-state index is 0.117. The largest absolute Gasteiger partial charge is 0.472 e. The molecule has 2 aliphatic rings. The predicted octanol–water partition coefficient (Wildman–Crippen LogP) is 2.95. The molecule has 0 aromatic carbocycles. The van der Waals surface area contributed by atoms with E-state index < -0.39 is 0 Å². The van der Waals surface area contributed by atoms with Crippen molar-refractivity contribution in [1.82, 2.24) is 9.88 Å². The highest BCUT2D eigenvalue weighted by Crippen LogP contribution is 2.33. The molecule has 1 saturated heterocycles. The molecule has 1 aliphatic carbocycles. The van der Waals surface area contributed by atoms with Gasteiger partial charge in [-0.1, -0.05) is 12.1 Å². The monoisotopic (exact) mass is 316 g/mol. The molecule has 2 aromatic rings. The van der Waals surface area contributed by atoms with Crippen LogP contribution in [0.25, 0.3) is 0 Å². The van der Waals surface area contributed by atoms with Gasteiger partial charge in [0.05, 0.1) is 6.61 Å². The third-order valence-corrected chi connectivity index (χ3v) is 5.36. The van der Waals surface area contributed by atoms with Crippen LogP contribution in [0.3, 0.4) is 0 Å². The van der Waals surface area contributed by atoms with E-state index in [0.717, 1.165) is 32.5 Å². The fraction of sp³-hybridized carbons (Fsp3) is 0.471. The minimum atomic E-state index is 0.117. The zero-order valence-corrected chi connectivity index (χ0v) is 13.2. The van der Waals surface area contributed by atoms with Crippen molar-refractivity contribution in [3.63, 3.8) is 0 Å². The number of pyridine rings is 1. The van der Waals surface area contributed by atoms with E-state index in [1.54, 1.807) is 6.20 Å². The Kier molecular flexibility index (Phi) is 4.10. The first-order valence-electron chi connectivity index (χ1n) is 7.86. The van der Waals surface area contributed by atoms with E-state index in [4.69, 9.17) is 9.47 Å². The van der Waals surface area contributed by atoms with Crippen molar-refractivity contribution in [2.45, 2.75) is 37.6 Å². The molecule has 4 rings (SSSR count). The van der Waals surface area contributed by atoms with E-state index in [1.807, 2.05) is 29.5 Å². The van der Waals surface area contributed by atoms with Gasteiger partial charge in [0.1, 0.15) is 12.2 Å². The Balaban J connectivity index is 1.44. The van der Waals surface area contributed by atoms with Crippen molar-refractivity contribution < 1.29 is 9.47 Å². The number of morpholine rings is 1. The molecule has 1 aliphatic heterocycles. The van der Waals surface area contributed by atoms with E-state index in [2.05, 4.69) is 27.4 Å². The molecule has 0 bridgehead atoms. The molecule has 0 unspecified atom stereocenters. The summed E-state index contributed by atoms with van der Waals surface area (Å²) in [5.74, 6) is 0.701. The standard InChI is InChI=1S/C17H20N2O2S/c1-2-8-18-16(5-1)21-15-7-6-14-17(15)20-10-9-19(14)12-13-4-3-11-22-13/h1-5,8,11,14-15,17H,6-7,9-10,12H2/t14-,15+,17+/m0/s1. The summed E-state index contributed by atoms with van der Waals surface area (Å²) in [6.07, 6.45) is 4.22. The van der Waals surface area contributed by atoms with Crippen LogP contribution < -0.4 is 4.74 Å². The Labute approximate surface area is 134 Å². The number of hydrogen-bond donors (Lipinski definition) is 0. The summed E-state index contributed by atoms with van der Waals surface area (Å²) in [5, 5.41) is 2.15. The number of aromatic nitrogens is 1. The van der Waals surface area contributed by atoms with Crippen LogP contribution in [0.5, 0.6) is 5.88 Å². The van der Waals surface area contributed by atoms with Crippen LogP contribution in [-0.4, -0.2) is 41.3 Å². The molecule has 4 nitrogen and oxygen atoms in total. The van der Waals surface area contributed by atoms with Crippen LogP contribution >= 0.6 is 11.3 Å². The number of rotatable bonds is 4. The van der Waals surface area contributed by atoms with Gasteiger partial charge in [-0.2, -0.15) is 0 Å². The smallest absolute Gasteiger partial charge is 0.213 e. The Morgan fingerprint density at radius 1 is 1.27 bits per heavy atom. The van der Waals surface area contributed by atoms with Crippen molar-refractivity contribution in [3.8, 4) is 5.88 Å². The van der Waals surface area contributed by atoms with E-state index in [-0.39, 0.29) is 12.2 Å². The molecular formula is C17H20N2O2S. The number of ether oxygens (including phenoxy) is 2. The van der Waals surface area contributed by atoms with Crippen LogP contribution in [0.2, 0.25) is 0 Å². The topological polar surface area (TPSA) is 34.6 Å². The Morgan fingerprint density at radius 2 is 2.27 bits per heavy atom. The van der Waals surface area contributed by atoms with Gasteiger partial charge in [-0.25, -0.2) is 4.98 Å². The first-order valence-corrected chi connectivity index (χ1v) is 8.74. The molecule has 116 valence electrons. The third-order valence-electron chi connectivity index (χ3n) is 4.50. The van der Waals surface area contributed by atoms with Crippen molar-refractivity contribution in [2.24, 2.45) is 0 Å². The van der Waals surface area contributed by atoms with E-state index in [9.17, 15) is 0 Å². The second kappa shape index (κ2) is 6.36. The SMILES string of the molecule is c1ccc(O[C@@H]2CC[C@H]3[C@H]2OCCN3Cc2cccs2)nc1. The lowest BCUT2D eigenvalue weighted by molar-refractivity contribution is -0.0920. The maximum absolute atomic E-state index is 6.07. The lowest BCUT2D eigenvalue weighted by atomic mass is 10.1. The molecule has 1 saturated carbocycles. The highest BCUT2D eigenvalue weighted by Gasteiger charge is 2.44. The summed E-state index contributed by atoms with van der Waals surface area (Å²) < 4.78 is 12.1. The van der Waals surface area contributed by atoms with Gasteiger partial charge in [0.2, 0.25) is 5.88 Å². The van der Waals surface area contributed by atoms with Gasteiger partial charge in [-0.3, -0.25) is 4.90 Å². The predicted molar refractivity (Wildman–Crippen MR) is 86.1 cm³/mol. The second-order valence-corrected chi connectivity index (χ2v) is 6.89. The van der Waals surface area contributed by atoms with Crippen LogP contribution in [0, 0.1) is 0 Å². The highest BCUT2D eigenvalue weighted by atomic mass is 32.1. The van der Waals surface area contributed by atoms with Crippen molar-refractivity contribution in [2.75, 3.05) is 13.2 Å². The average Bonchev–Trinajstić information content (AvgIpc) is 3.19. The normalized spacial score (nSPS) is 28.5. The molecule has 0 spiro atoms. The number of thiophene rings is 1. The molecule has 3 heterocycles. The lowest BCUT2D eigenvalue weighted by Gasteiger charge is -2.38. The van der Waals surface area contributed by atoms with Gasteiger partial charge < -0.3 is 9.47 Å².